The smallest absolute Gasteiger partial charge is 0.0426 e. The standard InChI is InChI=1S/C13H21N/c1-2-13(9-5-3-6-10-13)14-11-7-4-8-12-14/h3,5-6,9H,2,4,7-8,10-12H2,1H3. The molecular formula is C13H21N. The van der Waals surface area contributed by atoms with Gasteiger partial charge in [0.25, 0.3) is 0 Å². The average molecular weight is 191 g/mol. The van der Waals surface area contributed by atoms with Gasteiger partial charge in [-0.2, -0.15) is 0 Å². The number of nitrogens with zero attached hydrogens (tertiary/aromatic N) is 1. The van der Waals surface area contributed by atoms with Crippen molar-refractivity contribution in [1.82, 2.24) is 4.90 Å². The van der Waals surface area contributed by atoms with Gasteiger partial charge in [0.2, 0.25) is 0 Å². The van der Waals surface area contributed by atoms with Gasteiger partial charge < -0.3 is 0 Å². The first-order valence-electron chi connectivity index (χ1n) is 5.97. The molecule has 1 nitrogen and oxygen atoms in total. The van der Waals surface area contributed by atoms with E-state index in [9.17, 15) is 0 Å². The van der Waals surface area contributed by atoms with E-state index in [2.05, 4.69) is 36.1 Å². The number of hydrogen-bond acceptors (Lipinski definition) is 1. The maximum absolute atomic E-state index is 2.69. The van der Waals surface area contributed by atoms with E-state index in [0.717, 1.165) is 0 Å². The third-order valence-corrected chi connectivity index (χ3v) is 3.72. The molecule has 0 aromatic heterocycles. The van der Waals surface area contributed by atoms with Gasteiger partial charge in [-0.3, -0.25) is 4.90 Å². The van der Waals surface area contributed by atoms with Gasteiger partial charge in [-0.1, -0.05) is 37.6 Å². The zero-order valence-electron chi connectivity index (χ0n) is 9.21. The van der Waals surface area contributed by atoms with Gasteiger partial charge in [0.05, 0.1) is 0 Å². The molecule has 1 fully saturated rings. The zero-order chi connectivity index (χ0) is 9.86. The summed E-state index contributed by atoms with van der Waals surface area (Å²) in [5.41, 5.74) is 0.356. The second-order valence-electron chi connectivity index (χ2n) is 4.50. The van der Waals surface area contributed by atoms with Gasteiger partial charge in [-0.05, 0) is 38.8 Å². The van der Waals surface area contributed by atoms with Crippen molar-refractivity contribution >= 4 is 0 Å². The van der Waals surface area contributed by atoms with Crippen LogP contribution in [0.3, 0.4) is 0 Å². The van der Waals surface area contributed by atoms with Crippen molar-refractivity contribution in [3.8, 4) is 0 Å². The lowest BCUT2D eigenvalue weighted by molar-refractivity contribution is 0.101. The fourth-order valence-electron chi connectivity index (χ4n) is 2.71. The van der Waals surface area contributed by atoms with Crippen LogP contribution < -0.4 is 0 Å². The molecule has 2 aliphatic rings. The fourth-order valence-corrected chi connectivity index (χ4v) is 2.71. The molecule has 0 amide bonds. The van der Waals surface area contributed by atoms with Crippen LogP contribution in [0.1, 0.15) is 39.0 Å². The largest absolute Gasteiger partial charge is 0.294 e. The molecule has 14 heavy (non-hydrogen) atoms. The predicted octanol–water partition coefficient (Wildman–Crippen LogP) is 3.14. The summed E-state index contributed by atoms with van der Waals surface area (Å²) in [6, 6.07) is 0. The number of likely N-dealkylation sites (tertiary alicyclic amines) is 1. The minimum Gasteiger partial charge on any atom is -0.294 e. The van der Waals surface area contributed by atoms with Crippen LogP contribution in [0.15, 0.2) is 24.3 Å². The van der Waals surface area contributed by atoms with Crippen LogP contribution in [-0.4, -0.2) is 23.5 Å². The van der Waals surface area contributed by atoms with Crippen LogP contribution in [0.25, 0.3) is 0 Å². The van der Waals surface area contributed by atoms with Crippen molar-refractivity contribution in [3.63, 3.8) is 0 Å². The van der Waals surface area contributed by atoms with Crippen molar-refractivity contribution in [2.24, 2.45) is 0 Å². The molecule has 0 saturated carbocycles. The topological polar surface area (TPSA) is 3.24 Å². The highest BCUT2D eigenvalue weighted by Crippen LogP contribution is 2.31. The average Bonchev–Trinajstić information content (AvgIpc) is 2.31. The number of rotatable bonds is 2. The SMILES string of the molecule is CCC1(N2CCCCC2)C=CC=CC1. The molecule has 0 aromatic carbocycles. The van der Waals surface area contributed by atoms with Crippen molar-refractivity contribution in [2.75, 3.05) is 13.1 Å². The van der Waals surface area contributed by atoms with Crippen LogP contribution in [0.5, 0.6) is 0 Å². The molecular weight excluding hydrogens is 170 g/mol. The Morgan fingerprint density at radius 3 is 2.50 bits per heavy atom. The minimum atomic E-state index is 0.356. The number of piperidine rings is 1. The first kappa shape index (κ1) is 9.97. The summed E-state index contributed by atoms with van der Waals surface area (Å²) in [7, 11) is 0. The van der Waals surface area contributed by atoms with Crippen LogP contribution >= 0.6 is 0 Å². The Morgan fingerprint density at radius 2 is 1.93 bits per heavy atom. The van der Waals surface area contributed by atoms with Gasteiger partial charge in [-0.25, -0.2) is 0 Å². The fraction of sp³-hybridized carbons (Fsp3) is 0.692. The second-order valence-corrected chi connectivity index (χ2v) is 4.50. The summed E-state index contributed by atoms with van der Waals surface area (Å²) < 4.78 is 0. The van der Waals surface area contributed by atoms with E-state index in [0.29, 0.717) is 5.54 Å². The summed E-state index contributed by atoms with van der Waals surface area (Å²) in [6.45, 7) is 4.91. The van der Waals surface area contributed by atoms with E-state index in [1.54, 1.807) is 0 Å². The lowest BCUT2D eigenvalue weighted by Gasteiger charge is -2.44. The van der Waals surface area contributed by atoms with Crippen molar-refractivity contribution in [1.29, 1.82) is 0 Å². The summed E-state index contributed by atoms with van der Waals surface area (Å²) >= 11 is 0. The summed E-state index contributed by atoms with van der Waals surface area (Å²) in [5.74, 6) is 0. The number of allylic oxidation sites excluding steroid dienone is 2. The minimum absolute atomic E-state index is 0.356. The normalized spacial score (nSPS) is 33.5. The molecule has 1 saturated heterocycles. The molecule has 1 unspecified atom stereocenters. The van der Waals surface area contributed by atoms with Crippen molar-refractivity contribution in [2.45, 2.75) is 44.6 Å². The Kier molecular flexibility index (Phi) is 3.07. The Morgan fingerprint density at radius 1 is 1.14 bits per heavy atom. The molecule has 0 aromatic rings. The maximum atomic E-state index is 2.69. The maximum Gasteiger partial charge on any atom is 0.0426 e. The summed E-state index contributed by atoms with van der Waals surface area (Å²) in [6.07, 6.45) is 15.8. The van der Waals surface area contributed by atoms with Gasteiger partial charge in [0, 0.05) is 5.54 Å². The van der Waals surface area contributed by atoms with E-state index in [-0.39, 0.29) is 0 Å². The van der Waals surface area contributed by atoms with E-state index >= 15 is 0 Å². The third-order valence-electron chi connectivity index (χ3n) is 3.72. The number of hydrogen-bond donors (Lipinski definition) is 0. The molecule has 2 rings (SSSR count). The molecule has 1 heterocycles. The molecule has 78 valence electrons. The summed E-state index contributed by atoms with van der Waals surface area (Å²) in [4.78, 5) is 2.69. The van der Waals surface area contributed by atoms with Crippen molar-refractivity contribution < 1.29 is 0 Å². The summed E-state index contributed by atoms with van der Waals surface area (Å²) in [5, 5.41) is 0. The quantitative estimate of drug-likeness (QED) is 0.648. The molecule has 0 bridgehead atoms. The first-order valence-corrected chi connectivity index (χ1v) is 5.97. The lowest BCUT2D eigenvalue weighted by atomic mass is 9.85. The molecule has 1 atom stereocenters. The molecule has 0 radical (unpaired) electrons. The van der Waals surface area contributed by atoms with E-state index in [1.165, 1.54) is 45.2 Å². The molecule has 1 heteroatoms. The van der Waals surface area contributed by atoms with Gasteiger partial charge in [0.1, 0.15) is 0 Å². The van der Waals surface area contributed by atoms with E-state index < -0.39 is 0 Å². The van der Waals surface area contributed by atoms with Gasteiger partial charge in [-0.15, -0.1) is 0 Å². The molecule has 0 spiro atoms. The molecule has 1 aliphatic heterocycles. The van der Waals surface area contributed by atoms with Crippen LogP contribution in [0.2, 0.25) is 0 Å². The van der Waals surface area contributed by atoms with E-state index in [1.807, 2.05) is 0 Å². The Labute approximate surface area is 87.5 Å². The van der Waals surface area contributed by atoms with Gasteiger partial charge >= 0.3 is 0 Å². The molecule has 0 N–H and O–H groups in total. The van der Waals surface area contributed by atoms with E-state index in [4.69, 9.17) is 0 Å². The lowest BCUT2D eigenvalue weighted by Crippen LogP contribution is -2.49. The van der Waals surface area contributed by atoms with Crippen LogP contribution in [0, 0.1) is 0 Å². The molecule has 1 aliphatic carbocycles. The monoisotopic (exact) mass is 191 g/mol. The Bertz CT molecular complexity index is 236. The van der Waals surface area contributed by atoms with Crippen LogP contribution in [0.4, 0.5) is 0 Å². The first-order chi connectivity index (χ1) is 6.87. The van der Waals surface area contributed by atoms with Crippen LogP contribution in [-0.2, 0) is 0 Å². The van der Waals surface area contributed by atoms with Gasteiger partial charge in [0.15, 0.2) is 0 Å². The zero-order valence-corrected chi connectivity index (χ0v) is 9.21. The van der Waals surface area contributed by atoms with Crippen molar-refractivity contribution in [3.05, 3.63) is 24.3 Å². The highest BCUT2D eigenvalue weighted by Gasteiger charge is 2.32. The Hall–Kier alpha value is -0.560. The highest BCUT2D eigenvalue weighted by atomic mass is 15.2. The Balaban J connectivity index is 2.10. The predicted molar refractivity (Wildman–Crippen MR) is 61.3 cm³/mol. The highest BCUT2D eigenvalue weighted by molar-refractivity contribution is 5.21. The third kappa shape index (κ3) is 1.78. The second kappa shape index (κ2) is 4.31.